The van der Waals surface area contributed by atoms with Crippen molar-refractivity contribution in [2.45, 2.75) is 38.5 Å². The highest BCUT2D eigenvalue weighted by atomic mass is 32.1. The van der Waals surface area contributed by atoms with Gasteiger partial charge in [-0.3, -0.25) is 0 Å². The lowest BCUT2D eigenvalue weighted by molar-refractivity contribution is 0.0515. The van der Waals surface area contributed by atoms with E-state index in [2.05, 4.69) is 70.7 Å². The zero-order valence-electron chi connectivity index (χ0n) is 22.1. The smallest absolute Gasteiger partial charge is 0.232 e. The minimum absolute atomic E-state index is 0.00695. The van der Waals surface area contributed by atoms with Crippen molar-refractivity contribution in [1.29, 1.82) is 0 Å². The van der Waals surface area contributed by atoms with Crippen molar-refractivity contribution in [1.82, 2.24) is 15.3 Å². The Bertz CT molecular complexity index is 1030. The third-order valence-corrected chi connectivity index (χ3v) is 8.12. The van der Waals surface area contributed by atoms with Crippen LogP contribution in [0.4, 0.5) is 17.6 Å². The summed E-state index contributed by atoms with van der Waals surface area (Å²) >= 11 is 5.76. The average molecular weight is 525 g/mol. The molecule has 0 unspecified atom stereocenters. The van der Waals surface area contributed by atoms with Gasteiger partial charge in [-0.15, -0.1) is 0 Å². The van der Waals surface area contributed by atoms with Crippen LogP contribution in [0.1, 0.15) is 38.7 Å². The molecule has 3 saturated heterocycles. The number of benzene rings is 1. The number of hydrogen-bond acceptors (Lipinski definition) is 7. The highest BCUT2D eigenvalue weighted by molar-refractivity contribution is 7.80. The summed E-state index contributed by atoms with van der Waals surface area (Å²) in [5.41, 5.74) is 1.32. The number of thiocarbonyl (C=S) groups is 1. The van der Waals surface area contributed by atoms with Crippen LogP contribution in [0.2, 0.25) is 0 Å². The fourth-order valence-electron chi connectivity index (χ4n) is 5.96. The van der Waals surface area contributed by atoms with Crippen molar-refractivity contribution in [3.8, 4) is 0 Å². The third kappa shape index (κ3) is 6.51. The molecule has 3 fully saturated rings. The zero-order valence-corrected chi connectivity index (χ0v) is 22.9. The SMILES string of the molecule is C[C@H]1C[C@H](C)CN(c2cc(N3CCOCC3)nc(NC(=S)NCC3(c4ccccc4)CCOCC3)n2)C1. The van der Waals surface area contributed by atoms with Crippen LogP contribution in [0.5, 0.6) is 0 Å². The molecule has 0 aliphatic carbocycles. The third-order valence-electron chi connectivity index (χ3n) is 7.88. The Morgan fingerprint density at radius 2 is 1.57 bits per heavy atom. The van der Waals surface area contributed by atoms with E-state index in [9.17, 15) is 0 Å². The van der Waals surface area contributed by atoms with E-state index in [1.165, 1.54) is 12.0 Å². The first-order chi connectivity index (χ1) is 18.0. The van der Waals surface area contributed by atoms with Crippen LogP contribution < -0.4 is 20.4 Å². The molecular formula is C28H40N6O2S. The average Bonchev–Trinajstić information content (AvgIpc) is 2.93. The first-order valence-corrected chi connectivity index (χ1v) is 14.1. The Hall–Kier alpha value is -2.49. The lowest BCUT2D eigenvalue weighted by atomic mass is 9.74. The van der Waals surface area contributed by atoms with Gasteiger partial charge in [0.1, 0.15) is 11.6 Å². The molecule has 1 aromatic carbocycles. The zero-order chi connectivity index (χ0) is 25.7. The van der Waals surface area contributed by atoms with E-state index in [4.69, 9.17) is 31.7 Å². The van der Waals surface area contributed by atoms with Gasteiger partial charge in [0.05, 0.1) is 13.2 Å². The highest BCUT2D eigenvalue weighted by Crippen LogP contribution is 2.34. The lowest BCUT2D eigenvalue weighted by Crippen LogP contribution is -2.45. The minimum Gasteiger partial charge on any atom is -0.381 e. The number of nitrogens with one attached hydrogen (secondary N) is 2. The molecule has 0 radical (unpaired) electrons. The van der Waals surface area contributed by atoms with Gasteiger partial charge in [-0.05, 0) is 48.9 Å². The van der Waals surface area contributed by atoms with E-state index in [1.54, 1.807) is 0 Å². The summed E-state index contributed by atoms with van der Waals surface area (Å²) in [4.78, 5) is 14.5. The standard InChI is InChI=1S/C28H40N6O2S/c1-21-16-22(2)19-34(18-21)25-17-24(33-10-14-36-15-11-33)30-26(31-25)32-27(37)29-20-28(8-12-35-13-9-28)23-6-4-3-5-7-23/h3-7,17,21-22H,8-16,18-20H2,1-2H3,(H2,29,30,31,32,37)/t21-,22-/m0/s1. The molecule has 8 nitrogen and oxygen atoms in total. The lowest BCUT2D eigenvalue weighted by Gasteiger charge is -2.38. The van der Waals surface area contributed by atoms with Crippen molar-refractivity contribution in [2.75, 3.05) is 74.3 Å². The Morgan fingerprint density at radius 1 is 0.946 bits per heavy atom. The Labute approximate surface area is 226 Å². The minimum atomic E-state index is -0.00695. The summed E-state index contributed by atoms with van der Waals surface area (Å²) in [6.45, 7) is 12.0. The van der Waals surface area contributed by atoms with Gasteiger partial charge in [-0.2, -0.15) is 9.97 Å². The van der Waals surface area contributed by atoms with Gasteiger partial charge in [0.15, 0.2) is 5.11 Å². The summed E-state index contributed by atoms with van der Waals surface area (Å²) in [6.07, 6.45) is 3.18. The maximum absolute atomic E-state index is 5.76. The predicted molar refractivity (Wildman–Crippen MR) is 153 cm³/mol. The van der Waals surface area contributed by atoms with Gasteiger partial charge in [0, 0.05) is 57.4 Å². The van der Waals surface area contributed by atoms with Crippen molar-refractivity contribution < 1.29 is 9.47 Å². The number of piperidine rings is 1. The summed E-state index contributed by atoms with van der Waals surface area (Å²) in [6, 6.07) is 12.8. The summed E-state index contributed by atoms with van der Waals surface area (Å²) in [5.74, 6) is 3.71. The van der Waals surface area contributed by atoms with Gasteiger partial charge in [0.2, 0.25) is 5.95 Å². The normalized spacial score (nSPS) is 23.9. The van der Waals surface area contributed by atoms with Gasteiger partial charge in [0.25, 0.3) is 0 Å². The second-order valence-electron chi connectivity index (χ2n) is 10.9. The molecule has 3 aliphatic rings. The fourth-order valence-corrected chi connectivity index (χ4v) is 6.12. The second-order valence-corrected chi connectivity index (χ2v) is 11.3. The van der Waals surface area contributed by atoms with E-state index >= 15 is 0 Å². The quantitative estimate of drug-likeness (QED) is 0.549. The van der Waals surface area contributed by atoms with E-state index in [1.807, 2.05) is 0 Å². The largest absolute Gasteiger partial charge is 0.381 e. The highest BCUT2D eigenvalue weighted by Gasteiger charge is 2.34. The van der Waals surface area contributed by atoms with Gasteiger partial charge in [-0.1, -0.05) is 44.2 Å². The number of anilines is 3. The second kappa shape index (κ2) is 11.9. The van der Waals surface area contributed by atoms with Crippen molar-refractivity contribution in [3.05, 3.63) is 42.0 Å². The van der Waals surface area contributed by atoms with Crippen LogP contribution in [-0.2, 0) is 14.9 Å². The van der Waals surface area contributed by atoms with E-state index in [-0.39, 0.29) is 5.41 Å². The molecule has 4 heterocycles. The molecule has 3 aliphatic heterocycles. The summed E-state index contributed by atoms with van der Waals surface area (Å²) in [7, 11) is 0. The molecule has 5 rings (SSSR count). The topological polar surface area (TPSA) is 74.8 Å². The molecule has 0 spiro atoms. The molecule has 1 aromatic heterocycles. The molecule has 9 heteroatoms. The molecule has 0 saturated carbocycles. The van der Waals surface area contributed by atoms with Gasteiger partial charge < -0.3 is 29.9 Å². The molecule has 200 valence electrons. The molecule has 2 aromatic rings. The number of morpholine rings is 1. The molecule has 2 N–H and O–H groups in total. The van der Waals surface area contributed by atoms with Crippen LogP contribution in [0, 0.1) is 11.8 Å². The molecule has 0 amide bonds. The van der Waals surface area contributed by atoms with Gasteiger partial charge in [-0.25, -0.2) is 0 Å². The number of nitrogens with zero attached hydrogens (tertiary/aromatic N) is 4. The van der Waals surface area contributed by atoms with Crippen LogP contribution in [0.3, 0.4) is 0 Å². The van der Waals surface area contributed by atoms with Crippen molar-refractivity contribution in [2.24, 2.45) is 11.8 Å². The van der Waals surface area contributed by atoms with Crippen molar-refractivity contribution >= 4 is 34.9 Å². The molecule has 2 atom stereocenters. The maximum Gasteiger partial charge on any atom is 0.232 e. The maximum atomic E-state index is 5.76. The Balaban J connectivity index is 1.33. The number of ether oxygens (including phenoxy) is 2. The summed E-state index contributed by atoms with van der Waals surface area (Å²) < 4.78 is 11.3. The monoisotopic (exact) mass is 524 g/mol. The number of aromatic nitrogens is 2. The predicted octanol–water partition coefficient (Wildman–Crippen LogP) is 3.83. The fraction of sp³-hybridized carbons (Fsp3) is 0.607. The number of hydrogen-bond donors (Lipinski definition) is 2. The van der Waals surface area contributed by atoms with Gasteiger partial charge >= 0.3 is 0 Å². The summed E-state index contributed by atoms with van der Waals surface area (Å²) in [5, 5.41) is 7.35. The van der Waals surface area contributed by atoms with Crippen LogP contribution in [0.25, 0.3) is 0 Å². The first-order valence-electron chi connectivity index (χ1n) is 13.7. The van der Waals surface area contributed by atoms with Crippen LogP contribution in [-0.4, -0.2) is 74.2 Å². The van der Waals surface area contributed by atoms with E-state index in [0.29, 0.717) is 36.1 Å². The molecule has 37 heavy (non-hydrogen) atoms. The first kappa shape index (κ1) is 26.1. The van der Waals surface area contributed by atoms with E-state index in [0.717, 1.165) is 70.4 Å². The van der Waals surface area contributed by atoms with E-state index < -0.39 is 0 Å². The molecule has 0 bridgehead atoms. The van der Waals surface area contributed by atoms with Crippen LogP contribution in [0.15, 0.2) is 36.4 Å². The number of rotatable bonds is 6. The molecular weight excluding hydrogens is 484 g/mol. The van der Waals surface area contributed by atoms with Crippen LogP contribution >= 0.6 is 12.2 Å². The van der Waals surface area contributed by atoms with Crippen molar-refractivity contribution in [3.63, 3.8) is 0 Å². The Morgan fingerprint density at radius 3 is 2.24 bits per heavy atom. The Kier molecular flexibility index (Phi) is 8.42.